The van der Waals surface area contributed by atoms with E-state index in [4.69, 9.17) is 0 Å². The van der Waals surface area contributed by atoms with E-state index in [0.717, 1.165) is 18.2 Å². The Hall–Kier alpha value is -5.41. The molecule has 21 nitrogen and oxygen atoms in total. The number of nitrogens with one attached hydrogen (secondary N) is 2. The van der Waals surface area contributed by atoms with Gasteiger partial charge in [0.25, 0.3) is 58.0 Å². The molecule has 0 spiro atoms. The third-order valence-electron chi connectivity index (χ3n) is 6.51. The monoisotopic (exact) mass is 775 g/mol. The van der Waals surface area contributed by atoms with Gasteiger partial charge in [-0.25, -0.2) is 4.79 Å². The molecule has 7 N–H and O–H groups in total. The van der Waals surface area contributed by atoms with Crippen LogP contribution in [0, 0.1) is 10.1 Å². The summed E-state index contributed by atoms with van der Waals surface area (Å²) >= 11 is 0. The standard InChI is InChI=1S/C25H17N3O18S4/c29-23(27-18-3-4-19(48(38,39)40)17-9-15(47(35,36)37)10-21(22(17)18)50(44,45)46)11-5-12(25(31)32)7-13(6-11)26-24(30)16-2-1-14(28(33)34)8-20(16)49(41,42)43/h1-10H,(H,26,30)(H,27,29)(H,31,32)(H,35,36,37)(H,38,39,40)(H,41,42,43)(H,44,45,46). The van der Waals surface area contributed by atoms with Crippen molar-refractivity contribution in [3.63, 3.8) is 0 Å². The number of amides is 2. The van der Waals surface area contributed by atoms with Gasteiger partial charge in [0.2, 0.25) is 0 Å². The summed E-state index contributed by atoms with van der Waals surface area (Å²) in [5.41, 5.74) is -4.24. The number of carboxylic acids is 1. The first-order valence-corrected chi connectivity index (χ1v) is 18.4. The number of carboxylic acid groups (broad SMARTS) is 1. The third kappa shape index (κ3) is 7.90. The van der Waals surface area contributed by atoms with Gasteiger partial charge in [-0.2, -0.15) is 33.7 Å². The van der Waals surface area contributed by atoms with E-state index in [-0.39, 0.29) is 6.07 Å². The van der Waals surface area contributed by atoms with Crippen LogP contribution < -0.4 is 10.6 Å². The number of hydrogen-bond donors (Lipinski definition) is 7. The molecular weight excluding hydrogens is 759 g/mol. The van der Waals surface area contributed by atoms with Crippen molar-refractivity contribution in [1.82, 2.24) is 0 Å². The molecule has 50 heavy (non-hydrogen) atoms. The predicted molar refractivity (Wildman–Crippen MR) is 166 cm³/mol. The molecule has 0 aliphatic heterocycles. The van der Waals surface area contributed by atoms with Crippen LogP contribution in [0.1, 0.15) is 31.1 Å². The molecule has 0 atom stereocenters. The van der Waals surface area contributed by atoms with Crippen LogP contribution in [0.4, 0.5) is 17.1 Å². The lowest BCUT2D eigenvalue weighted by molar-refractivity contribution is -0.385. The van der Waals surface area contributed by atoms with E-state index in [9.17, 15) is 81.5 Å². The Labute approximate surface area is 279 Å². The second-order valence-corrected chi connectivity index (χ2v) is 15.4. The number of nitro benzene ring substituents is 1. The zero-order valence-corrected chi connectivity index (χ0v) is 27.2. The number of nitro groups is 1. The van der Waals surface area contributed by atoms with Crippen LogP contribution in [0.25, 0.3) is 10.8 Å². The number of aromatic carboxylic acids is 1. The highest BCUT2D eigenvalue weighted by Gasteiger charge is 2.28. The molecule has 0 bridgehead atoms. The van der Waals surface area contributed by atoms with E-state index in [1.165, 1.54) is 0 Å². The van der Waals surface area contributed by atoms with Crippen LogP contribution in [-0.4, -0.2) is 79.7 Å². The average molecular weight is 776 g/mol. The van der Waals surface area contributed by atoms with Crippen molar-refractivity contribution in [3.05, 3.63) is 87.5 Å². The molecule has 0 aliphatic carbocycles. The van der Waals surface area contributed by atoms with Crippen LogP contribution in [0.3, 0.4) is 0 Å². The minimum atomic E-state index is -5.51. The molecule has 25 heteroatoms. The maximum atomic E-state index is 13.4. The largest absolute Gasteiger partial charge is 0.478 e. The van der Waals surface area contributed by atoms with Crippen LogP contribution in [-0.2, 0) is 40.5 Å². The lowest BCUT2D eigenvalue weighted by atomic mass is 10.1. The van der Waals surface area contributed by atoms with Gasteiger partial charge in [-0.15, -0.1) is 0 Å². The first-order chi connectivity index (χ1) is 22.8. The fourth-order valence-corrected chi connectivity index (χ4v) is 7.20. The molecule has 0 aromatic heterocycles. The molecular formula is C25H17N3O18S4. The first kappa shape index (κ1) is 37.4. The van der Waals surface area contributed by atoms with Crippen molar-refractivity contribution in [1.29, 1.82) is 0 Å². The molecule has 0 fully saturated rings. The molecule has 4 aromatic rings. The fourth-order valence-electron chi connectivity index (χ4n) is 4.45. The molecule has 0 saturated heterocycles. The average Bonchev–Trinajstić information content (AvgIpc) is 2.98. The SMILES string of the molecule is O=C(O)c1cc(NC(=O)c2ccc([N+](=O)[O-])cc2S(=O)(=O)O)cc(C(=O)Nc2ccc(S(=O)(=O)O)c3cc(S(=O)(=O)O)cc(S(=O)(=O)O)c23)c1. The van der Waals surface area contributed by atoms with Gasteiger partial charge in [0.1, 0.15) is 14.7 Å². The second kappa shape index (κ2) is 12.8. The highest BCUT2D eigenvalue weighted by atomic mass is 32.2. The minimum Gasteiger partial charge on any atom is -0.478 e. The number of hydrogen-bond acceptors (Lipinski definition) is 13. The highest BCUT2D eigenvalue weighted by molar-refractivity contribution is 7.87. The number of carbonyl (C=O) groups is 3. The smallest absolute Gasteiger partial charge is 0.335 e. The quantitative estimate of drug-likeness (QED) is 0.0687. The van der Waals surface area contributed by atoms with Crippen molar-refractivity contribution in [3.8, 4) is 0 Å². The Kier molecular flexibility index (Phi) is 9.58. The maximum absolute atomic E-state index is 13.4. The number of nitrogens with zero attached hydrogens (tertiary/aromatic N) is 1. The Morgan fingerprint density at radius 1 is 0.620 bits per heavy atom. The number of anilines is 2. The van der Waals surface area contributed by atoms with Gasteiger partial charge in [-0.3, -0.25) is 37.9 Å². The van der Waals surface area contributed by atoms with Crippen LogP contribution >= 0.6 is 0 Å². The topological polar surface area (TPSA) is 356 Å². The number of rotatable bonds is 10. The molecule has 4 rings (SSSR count). The number of benzene rings is 4. The molecule has 0 heterocycles. The van der Waals surface area contributed by atoms with Gasteiger partial charge in [0.05, 0.1) is 26.6 Å². The van der Waals surface area contributed by atoms with Gasteiger partial charge in [0.15, 0.2) is 0 Å². The van der Waals surface area contributed by atoms with Gasteiger partial charge in [-0.05, 0) is 48.5 Å². The Morgan fingerprint density at radius 2 is 1.20 bits per heavy atom. The summed E-state index contributed by atoms with van der Waals surface area (Å²) < 4.78 is 135. The summed E-state index contributed by atoms with van der Waals surface area (Å²) in [6.45, 7) is 0. The normalized spacial score (nSPS) is 12.3. The summed E-state index contributed by atoms with van der Waals surface area (Å²) in [5, 5.41) is 22.9. The number of fused-ring (bicyclic) bond motifs is 1. The van der Waals surface area contributed by atoms with Crippen LogP contribution in [0.2, 0.25) is 0 Å². The summed E-state index contributed by atoms with van der Waals surface area (Å²) in [6.07, 6.45) is 0. The van der Waals surface area contributed by atoms with Crippen LogP contribution in [0.15, 0.2) is 80.2 Å². The summed E-state index contributed by atoms with van der Waals surface area (Å²) in [5.74, 6) is -4.40. The minimum absolute atomic E-state index is 0.203. The lowest BCUT2D eigenvalue weighted by Crippen LogP contribution is -2.18. The molecule has 2 amide bonds. The number of carbonyl (C=O) groups excluding carboxylic acids is 2. The van der Waals surface area contributed by atoms with Gasteiger partial charge < -0.3 is 15.7 Å². The highest BCUT2D eigenvalue weighted by Crippen LogP contribution is 2.37. The molecule has 0 aliphatic rings. The molecule has 4 aromatic carbocycles. The van der Waals surface area contributed by atoms with Crippen molar-refractivity contribution in [2.75, 3.05) is 10.6 Å². The van der Waals surface area contributed by atoms with Crippen molar-refractivity contribution in [2.24, 2.45) is 0 Å². The Bertz CT molecular complexity index is 2640. The summed E-state index contributed by atoms with van der Waals surface area (Å²) in [4.78, 5) is 43.3. The Balaban J connectivity index is 1.87. The predicted octanol–water partition coefficient (Wildman–Crippen LogP) is 1.94. The van der Waals surface area contributed by atoms with E-state index in [1.807, 2.05) is 0 Å². The van der Waals surface area contributed by atoms with E-state index in [1.54, 1.807) is 0 Å². The summed E-state index contributed by atoms with van der Waals surface area (Å²) in [7, 11) is -21.3. The first-order valence-electron chi connectivity index (χ1n) is 12.6. The fraction of sp³-hybridized carbons (Fsp3) is 0. The van der Waals surface area contributed by atoms with Crippen molar-refractivity contribution in [2.45, 2.75) is 19.6 Å². The van der Waals surface area contributed by atoms with Crippen LogP contribution in [0.5, 0.6) is 0 Å². The lowest BCUT2D eigenvalue weighted by Gasteiger charge is -2.16. The zero-order chi connectivity index (χ0) is 37.7. The van der Waals surface area contributed by atoms with Gasteiger partial charge in [0, 0.05) is 34.2 Å². The van der Waals surface area contributed by atoms with E-state index in [0.29, 0.717) is 36.4 Å². The van der Waals surface area contributed by atoms with Crippen molar-refractivity contribution >= 4 is 86.1 Å². The van der Waals surface area contributed by atoms with Gasteiger partial charge >= 0.3 is 5.97 Å². The van der Waals surface area contributed by atoms with E-state index < -0.39 is 127 Å². The zero-order valence-electron chi connectivity index (χ0n) is 23.9. The maximum Gasteiger partial charge on any atom is 0.335 e. The van der Waals surface area contributed by atoms with E-state index >= 15 is 0 Å². The molecule has 264 valence electrons. The second-order valence-electron chi connectivity index (χ2n) is 9.81. The molecule has 0 radical (unpaired) electrons. The third-order valence-corrected chi connectivity index (χ3v) is 10.0. The Morgan fingerprint density at radius 3 is 1.72 bits per heavy atom. The van der Waals surface area contributed by atoms with Gasteiger partial charge in [-0.1, -0.05) is 0 Å². The summed E-state index contributed by atoms with van der Waals surface area (Å²) in [6, 6.07) is 5.91. The molecule has 0 unspecified atom stereocenters. The number of non-ortho nitro benzene ring substituents is 1. The molecule has 0 saturated carbocycles. The van der Waals surface area contributed by atoms with E-state index in [2.05, 4.69) is 10.6 Å². The van der Waals surface area contributed by atoms with Crippen molar-refractivity contribution < 1.29 is 76.3 Å².